The normalized spacial score (nSPS) is 12.2. The fourth-order valence-electron chi connectivity index (χ4n) is 3.02. The Hall–Kier alpha value is -3.46. The number of nitrogens with one attached hydrogen (secondary N) is 2. The van der Waals surface area contributed by atoms with Crippen molar-refractivity contribution in [3.05, 3.63) is 74.9 Å². The minimum Gasteiger partial charge on any atom is -0.502 e. The molecule has 2 heterocycles. The van der Waals surface area contributed by atoms with Crippen molar-refractivity contribution in [3.63, 3.8) is 0 Å². The zero-order chi connectivity index (χ0) is 19.0. The zero-order valence-corrected chi connectivity index (χ0v) is 15.0. The molecule has 1 unspecified atom stereocenters. The van der Waals surface area contributed by atoms with Gasteiger partial charge in [0, 0.05) is 28.7 Å². The number of nitrogens with zero attached hydrogens (tertiary/aromatic N) is 3. The lowest BCUT2D eigenvalue weighted by molar-refractivity contribution is -0.385. The van der Waals surface area contributed by atoms with E-state index >= 15 is 0 Å². The molecule has 0 aliphatic rings. The summed E-state index contributed by atoms with van der Waals surface area (Å²) >= 11 is 1.40. The topological polar surface area (TPSA) is 117 Å². The second-order valence-electron chi connectivity index (χ2n) is 6.00. The third kappa shape index (κ3) is 3.20. The highest BCUT2D eigenvalue weighted by atomic mass is 32.1. The van der Waals surface area contributed by atoms with E-state index in [1.54, 1.807) is 6.07 Å². The van der Waals surface area contributed by atoms with Gasteiger partial charge < -0.3 is 15.4 Å². The van der Waals surface area contributed by atoms with Crippen molar-refractivity contribution in [1.82, 2.24) is 15.2 Å². The summed E-state index contributed by atoms with van der Waals surface area (Å²) in [4.78, 5) is 13.9. The van der Waals surface area contributed by atoms with Crippen LogP contribution in [-0.2, 0) is 0 Å². The largest absolute Gasteiger partial charge is 0.502 e. The Kier molecular flexibility index (Phi) is 4.21. The molecular formula is C18H15N5O3S. The Morgan fingerprint density at radius 2 is 2.07 bits per heavy atom. The van der Waals surface area contributed by atoms with Crippen LogP contribution in [0, 0.1) is 17.0 Å². The van der Waals surface area contributed by atoms with Gasteiger partial charge >= 0.3 is 5.69 Å². The highest BCUT2D eigenvalue weighted by molar-refractivity contribution is 7.15. The van der Waals surface area contributed by atoms with Crippen LogP contribution in [0.15, 0.2) is 48.7 Å². The molecule has 0 bridgehead atoms. The first-order chi connectivity index (χ1) is 13.0. The van der Waals surface area contributed by atoms with Crippen LogP contribution in [-0.4, -0.2) is 25.2 Å². The zero-order valence-electron chi connectivity index (χ0n) is 14.2. The fourth-order valence-corrected chi connectivity index (χ4v) is 3.64. The first-order valence-electron chi connectivity index (χ1n) is 8.13. The number of fused-ring (bicyclic) bond motifs is 1. The summed E-state index contributed by atoms with van der Waals surface area (Å²) < 4.78 is 0. The molecule has 0 amide bonds. The first-order valence-corrected chi connectivity index (χ1v) is 8.94. The minimum atomic E-state index is -0.597. The highest BCUT2D eigenvalue weighted by Crippen LogP contribution is 2.36. The number of rotatable bonds is 5. The number of hydrogen-bond donors (Lipinski definition) is 3. The lowest BCUT2D eigenvalue weighted by Gasteiger charge is -2.18. The number of nitro benzene ring substituents is 1. The van der Waals surface area contributed by atoms with E-state index < -0.39 is 11.0 Å². The van der Waals surface area contributed by atoms with E-state index in [4.69, 9.17) is 0 Å². The van der Waals surface area contributed by atoms with Gasteiger partial charge in [-0.1, -0.05) is 35.6 Å². The Morgan fingerprint density at radius 1 is 1.26 bits per heavy atom. The number of H-pyrrole nitrogens is 1. The predicted octanol–water partition coefficient (Wildman–Crippen LogP) is 4.14. The van der Waals surface area contributed by atoms with Crippen LogP contribution in [0.3, 0.4) is 0 Å². The monoisotopic (exact) mass is 381 g/mol. The fraction of sp³-hybridized carbons (Fsp3) is 0.111. The standard InChI is InChI=1S/C18H15N5O3S/c1-10-21-22-18(27-10)20-17(11-6-7-16(24)15(8-11)23(25)26)13-9-19-14-5-3-2-4-12(13)14/h2-9,17,19,24H,1H3,(H,20,22). The number of phenols is 1. The maximum absolute atomic E-state index is 11.3. The maximum Gasteiger partial charge on any atom is 0.311 e. The number of phenolic OH excluding ortho intramolecular Hbond substituents is 1. The molecular weight excluding hydrogens is 366 g/mol. The van der Waals surface area contributed by atoms with Crippen molar-refractivity contribution < 1.29 is 10.0 Å². The van der Waals surface area contributed by atoms with E-state index in [9.17, 15) is 15.2 Å². The first kappa shape index (κ1) is 17.0. The minimum absolute atomic E-state index is 0.340. The van der Waals surface area contributed by atoms with E-state index in [1.165, 1.54) is 23.5 Å². The summed E-state index contributed by atoms with van der Waals surface area (Å²) in [7, 11) is 0. The molecule has 0 aliphatic heterocycles. The van der Waals surface area contributed by atoms with Crippen molar-refractivity contribution in [2.75, 3.05) is 5.32 Å². The summed E-state index contributed by atoms with van der Waals surface area (Å²) in [5, 5.41) is 34.9. The smallest absolute Gasteiger partial charge is 0.311 e. The van der Waals surface area contributed by atoms with Gasteiger partial charge in [0.15, 0.2) is 5.75 Å². The molecule has 4 rings (SSSR count). The molecule has 136 valence electrons. The summed E-state index contributed by atoms with van der Waals surface area (Å²) in [6.07, 6.45) is 1.87. The van der Waals surface area contributed by atoms with Crippen molar-refractivity contribution in [1.29, 1.82) is 0 Å². The molecule has 4 aromatic rings. The third-order valence-electron chi connectivity index (χ3n) is 4.26. The molecule has 0 aliphatic carbocycles. The number of aromatic amines is 1. The second-order valence-corrected chi connectivity index (χ2v) is 7.18. The van der Waals surface area contributed by atoms with Crippen molar-refractivity contribution in [3.8, 4) is 5.75 Å². The van der Waals surface area contributed by atoms with Gasteiger partial charge in [-0.15, -0.1) is 10.2 Å². The molecule has 0 fully saturated rings. The van der Waals surface area contributed by atoms with Gasteiger partial charge in [0.05, 0.1) is 11.0 Å². The molecule has 1 atom stereocenters. The van der Waals surface area contributed by atoms with E-state index in [0.29, 0.717) is 10.7 Å². The second kappa shape index (κ2) is 6.69. The Morgan fingerprint density at radius 3 is 2.81 bits per heavy atom. The van der Waals surface area contributed by atoms with Gasteiger partial charge in [-0.25, -0.2) is 0 Å². The molecule has 8 nitrogen and oxygen atoms in total. The van der Waals surface area contributed by atoms with Gasteiger partial charge in [-0.05, 0) is 24.6 Å². The van der Waals surface area contributed by atoms with E-state index in [1.807, 2.05) is 37.4 Å². The summed E-state index contributed by atoms with van der Waals surface area (Å²) in [5.74, 6) is -0.367. The van der Waals surface area contributed by atoms with Crippen molar-refractivity contribution in [2.24, 2.45) is 0 Å². The highest BCUT2D eigenvalue weighted by Gasteiger charge is 2.23. The summed E-state index contributed by atoms with van der Waals surface area (Å²) in [6.45, 7) is 1.86. The average molecular weight is 381 g/mol. The van der Waals surface area contributed by atoms with Gasteiger partial charge in [0.1, 0.15) is 5.01 Å². The number of para-hydroxylation sites is 1. The van der Waals surface area contributed by atoms with Gasteiger partial charge in [-0.3, -0.25) is 10.1 Å². The molecule has 27 heavy (non-hydrogen) atoms. The van der Waals surface area contributed by atoms with E-state index in [-0.39, 0.29) is 11.4 Å². The number of benzene rings is 2. The Bertz CT molecular complexity index is 1140. The molecule has 0 saturated heterocycles. The number of anilines is 1. The molecule has 3 N–H and O–H groups in total. The van der Waals surface area contributed by atoms with E-state index in [2.05, 4.69) is 20.5 Å². The van der Waals surface area contributed by atoms with Crippen molar-refractivity contribution in [2.45, 2.75) is 13.0 Å². The van der Waals surface area contributed by atoms with Crippen LogP contribution in [0.25, 0.3) is 10.9 Å². The van der Waals surface area contributed by atoms with Crippen LogP contribution in [0.1, 0.15) is 22.2 Å². The number of hydrogen-bond acceptors (Lipinski definition) is 7. The molecule has 0 radical (unpaired) electrons. The van der Waals surface area contributed by atoms with Crippen LogP contribution >= 0.6 is 11.3 Å². The molecule has 0 saturated carbocycles. The van der Waals surface area contributed by atoms with Crippen LogP contribution in [0.5, 0.6) is 5.75 Å². The Labute approximate surface area is 157 Å². The van der Waals surface area contributed by atoms with E-state index in [0.717, 1.165) is 21.5 Å². The summed E-state index contributed by atoms with van der Waals surface area (Å²) in [6, 6.07) is 11.8. The number of aryl methyl sites for hydroxylation is 1. The third-order valence-corrected chi connectivity index (χ3v) is 5.03. The Balaban J connectivity index is 1.86. The number of aromatic hydroxyl groups is 1. The predicted molar refractivity (Wildman–Crippen MR) is 103 cm³/mol. The summed E-state index contributed by atoms with van der Waals surface area (Å²) in [5.41, 5.74) is 2.17. The quantitative estimate of drug-likeness (QED) is 0.353. The lowest BCUT2D eigenvalue weighted by Crippen LogP contribution is -2.12. The van der Waals surface area contributed by atoms with Crippen LogP contribution in [0.2, 0.25) is 0 Å². The SMILES string of the molecule is Cc1nnc(NC(c2ccc(O)c([N+](=O)[O-])c2)c2c[nH]c3ccccc23)s1. The molecule has 9 heteroatoms. The lowest BCUT2D eigenvalue weighted by atomic mass is 9.97. The molecule has 2 aromatic carbocycles. The van der Waals surface area contributed by atoms with Gasteiger partial charge in [-0.2, -0.15) is 0 Å². The molecule has 0 spiro atoms. The number of aromatic nitrogens is 3. The van der Waals surface area contributed by atoms with Gasteiger partial charge in [0.2, 0.25) is 5.13 Å². The molecule has 2 aromatic heterocycles. The van der Waals surface area contributed by atoms with Crippen LogP contribution < -0.4 is 5.32 Å². The van der Waals surface area contributed by atoms with Gasteiger partial charge in [0.25, 0.3) is 0 Å². The average Bonchev–Trinajstić information content (AvgIpc) is 3.26. The van der Waals surface area contributed by atoms with Crippen LogP contribution in [0.4, 0.5) is 10.8 Å². The number of nitro groups is 1. The van der Waals surface area contributed by atoms with Crippen molar-refractivity contribution >= 4 is 33.1 Å². The maximum atomic E-state index is 11.3.